The second kappa shape index (κ2) is 15.1. The zero-order valence-electron chi connectivity index (χ0n) is 22.7. The Morgan fingerprint density at radius 1 is 1.05 bits per heavy atom. The van der Waals surface area contributed by atoms with Crippen molar-refractivity contribution in [2.75, 3.05) is 25.0 Å². The number of aryl methyl sites for hydroxylation is 2. The third-order valence-corrected chi connectivity index (χ3v) is 7.44. The van der Waals surface area contributed by atoms with Crippen molar-refractivity contribution in [1.82, 2.24) is 14.7 Å². The van der Waals surface area contributed by atoms with E-state index in [1.807, 2.05) is 4.68 Å². The standard InChI is InChI=1S/C29H40N4OP2.CH4.Y/c1-19(2)18-34-25-9-8-20(3)12-24(25)17-33-21(4)13-28(31-33)30-22(5)29-26(35)14-23(15-27(29)36)16-32-10-6-7-11-32;;/h8-9,12-15,19H,5-7,10-11,16-18,35-36H2,1-4H3,(H,30,31);1H4;. The molecule has 38 heavy (non-hydrogen) atoms. The molecule has 5 nitrogen and oxygen atoms in total. The quantitative estimate of drug-likeness (QED) is 0.285. The number of benzene rings is 2. The van der Waals surface area contributed by atoms with Crippen LogP contribution in [0.1, 0.15) is 62.1 Å². The molecule has 0 bridgehead atoms. The molecular weight excluding hydrogens is 583 g/mol. The Morgan fingerprint density at radius 2 is 1.71 bits per heavy atom. The summed E-state index contributed by atoms with van der Waals surface area (Å²) in [5.41, 5.74) is 6.73. The Labute approximate surface area is 259 Å². The fourth-order valence-corrected chi connectivity index (χ4v) is 6.01. The summed E-state index contributed by atoms with van der Waals surface area (Å²) in [5, 5.41) is 10.6. The average Bonchev–Trinajstić information content (AvgIpc) is 3.42. The Kier molecular flexibility index (Phi) is 13.1. The molecule has 8 heteroatoms. The van der Waals surface area contributed by atoms with Gasteiger partial charge in [-0.05, 0) is 80.1 Å². The van der Waals surface area contributed by atoms with Gasteiger partial charge in [-0.3, -0.25) is 9.58 Å². The summed E-state index contributed by atoms with van der Waals surface area (Å²) in [5.74, 6) is 2.20. The van der Waals surface area contributed by atoms with Gasteiger partial charge in [0.1, 0.15) is 5.75 Å². The number of nitrogens with one attached hydrogen (secondary N) is 1. The summed E-state index contributed by atoms with van der Waals surface area (Å²) in [4.78, 5) is 2.53. The van der Waals surface area contributed by atoms with Crippen LogP contribution in [-0.2, 0) is 45.8 Å². The van der Waals surface area contributed by atoms with Crippen LogP contribution in [0.25, 0.3) is 5.70 Å². The minimum Gasteiger partial charge on any atom is -0.493 e. The second-order valence-corrected chi connectivity index (χ2v) is 11.6. The van der Waals surface area contributed by atoms with Crippen LogP contribution in [0.2, 0.25) is 0 Å². The van der Waals surface area contributed by atoms with Crippen molar-refractivity contribution >= 4 is 40.6 Å². The van der Waals surface area contributed by atoms with E-state index in [0.717, 1.165) is 51.2 Å². The second-order valence-electron chi connectivity index (χ2n) is 10.4. The van der Waals surface area contributed by atoms with E-state index in [-0.39, 0.29) is 40.1 Å². The number of nitrogens with zero attached hydrogens (tertiary/aromatic N) is 3. The molecule has 1 fully saturated rings. The molecule has 4 rings (SSSR count). The van der Waals surface area contributed by atoms with Crippen molar-refractivity contribution in [2.45, 2.75) is 61.1 Å². The van der Waals surface area contributed by atoms with Gasteiger partial charge in [0.15, 0.2) is 5.82 Å². The van der Waals surface area contributed by atoms with Gasteiger partial charge >= 0.3 is 0 Å². The van der Waals surface area contributed by atoms with Gasteiger partial charge < -0.3 is 10.1 Å². The van der Waals surface area contributed by atoms with Crippen molar-refractivity contribution < 1.29 is 37.4 Å². The van der Waals surface area contributed by atoms with E-state index in [1.165, 1.54) is 37.1 Å². The molecule has 0 saturated carbocycles. The Hall–Kier alpha value is -1.09. The van der Waals surface area contributed by atoms with E-state index < -0.39 is 0 Å². The van der Waals surface area contributed by atoms with Crippen LogP contribution in [0.3, 0.4) is 0 Å². The summed E-state index contributed by atoms with van der Waals surface area (Å²) < 4.78 is 8.12. The van der Waals surface area contributed by atoms with Crippen LogP contribution in [-0.4, -0.2) is 34.4 Å². The van der Waals surface area contributed by atoms with E-state index >= 15 is 0 Å². The predicted octanol–water partition coefficient (Wildman–Crippen LogP) is 5.90. The molecule has 3 aromatic rings. The molecule has 1 aromatic heterocycles. The number of hydrogen-bond acceptors (Lipinski definition) is 4. The summed E-state index contributed by atoms with van der Waals surface area (Å²) >= 11 is 0. The first-order valence-corrected chi connectivity index (χ1v) is 14.0. The molecule has 1 aliphatic rings. The van der Waals surface area contributed by atoms with E-state index in [4.69, 9.17) is 9.84 Å². The maximum atomic E-state index is 6.09. The van der Waals surface area contributed by atoms with Crippen LogP contribution >= 0.6 is 18.5 Å². The van der Waals surface area contributed by atoms with Crippen molar-refractivity contribution in [3.05, 3.63) is 70.9 Å². The zero-order chi connectivity index (χ0) is 25.8. The van der Waals surface area contributed by atoms with E-state index in [2.05, 4.69) is 99.4 Å². The first-order valence-electron chi connectivity index (χ1n) is 12.8. The predicted molar refractivity (Wildman–Crippen MR) is 167 cm³/mol. The third-order valence-electron chi connectivity index (χ3n) is 6.53. The minimum atomic E-state index is 0. The van der Waals surface area contributed by atoms with Crippen LogP contribution in [0.4, 0.5) is 5.82 Å². The molecule has 1 radical (unpaired) electrons. The molecule has 1 saturated heterocycles. The normalized spacial score (nSPS) is 13.2. The topological polar surface area (TPSA) is 42.3 Å². The van der Waals surface area contributed by atoms with Gasteiger partial charge in [0.05, 0.1) is 13.2 Å². The number of ether oxygens (including phenoxy) is 1. The van der Waals surface area contributed by atoms with Crippen molar-refractivity contribution in [2.24, 2.45) is 5.92 Å². The molecule has 0 spiro atoms. The molecular formula is C30H44N4OP2Y. The maximum absolute atomic E-state index is 6.09. The molecule has 0 aliphatic carbocycles. The van der Waals surface area contributed by atoms with E-state index in [9.17, 15) is 0 Å². The Morgan fingerprint density at radius 3 is 2.34 bits per heavy atom. The molecule has 2 aromatic carbocycles. The van der Waals surface area contributed by atoms with Gasteiger partial charge in [-0.1, -0.05) is 45.5 Å². The first-order chi connectivity index (χ1) is 17.2. The largest absolute Gasteiger partial charge is 0.493 e. The molecule has 2 atom stereocenters. The van der Waals surface area contributed by atoms with Crippen molar-refractivity contribution in [3.63, 3.8) is 0 Å². The van der Waals surface area contributed by atoms with E-state index in [0.29, 0.717) is 19.1 Å². The van der Waals surface area contributed by atoms with E-state index in [1.54, 1.807) is 0 Å². The van der Waals surface area contributed by atoms with Crippen LogP contribution < -0.4 is 20.7 Å². The first kappa shape index (κ1) is 33.1. The number of hydrogen-bond donors (Lipinski definition) is 1. The SMILES string of the molecule is C.C=C(Nc1cc(C)n(Cc2cc(C)ccc2OCC(C)C)n1)c1c(P)cc(CN2CCCC2)cc1P.[Y]. The number of likely N-dealkylation sites (tertiary alicyclic amines) is 1. The third kappa shape index (κ3) is 8.71. The van der Waals surface area contributed by atoms with Gasteiger partial charge in [-0.2, -0.15) is 5.10 Å². The minimum absolute atomic E-state index is 0. The fraction of sp³-hybridized carbons (Fsp3) is 0.433. The number of rotatable bonds is 10. The Balaban J connectivity index is 0.00000253. The fourth-order valence-electron chi connectivity index (χ4n) is 4.73. The van der Waals surface area contributed by atoms with Crippen molar-refractivity contribution in [1.29, 1.82) is 0 Å². The van der Waals surface area contributed by atoms with Crippen molar-refractivity contribution in [3.8, 4) is 5.75 Å². The summed E-state index contributed by atoms with van der Waals surface area (Å²) in [7, 11) is 5.78. The molecule has 1 aliphatic heterocycles. The smallest absolute Gasteiger partial charge is 0.152 e. The van der Waals surface area contributed by atoms with Crippen LogP contribution in [0.15, 0.2) is 43.0 Å². The monoisotopic (exact) mass is 627 g/mol. The molecule has 2 heterocycles. The molecule has 2 unspecified atom stereocenters. The number of anilines is 1. The summed E-state index contributed by atoms with van der Waals surface area (Å²) in [6.07, 6.45) is 2.62. The van der Waals surface area contributed by atoms with Gasteiger partial charge in [0, 0.05) is 67.8 Å². The summed E-state index contributed by atoms with van der Waals surface area (Å²) in [6, 6.07) is 13.0. The van der Waals surface area contributed by atoms with Gasteiger partial charge in [-0.25, -0.2) is 0 Å². The summed E-state index contributed by atoms with van der Waals surface area (Å²) in [6.45, 7) is 17.6. The number of aromatic nitrogens is 2. The Bertz CT molecular complexity index is 1210. The molecule has 0 amide bonds. The molecule has 1 N–H and O–H groups in total. The average molecular weight is 628 g/mol. The molecule has 203 valence electrons. The van der Waals surface area contributed by atoms with Gasteiger partial charge in [0.2, 0.25) is 0 Å². The van der Waals surface area contributed by atoms with Gasteiger partial charge in [0.25, 0.3) is 0 Å². The van der Waals surface area contributed by atoms with Gasteiger partial charge in [-0.15, -0.1) is 18.5 Å². The zero-order valence-corrected chi connectivity index (χ0v) is 27.8. The van der Waals surface area contributed by atoms with Crippen LogP contribution in [0, 0.1) is 19.8 Å². The maximum Gasteiger partial charge on any atom is 0.152 e. The van der Waals surface area contributed by atoms with Crippen LogP contribution in [0.5, 0.6) is 5.75 Å².